The summed E-state index contributed by atoms with van der Waals surface area (Å²) >= 11 is 0. The average molecular weight is 307 g/mol. The Bertz CT molecular complexity index is 822. The van der Waals surface area contributed by atoms with Crippen LogP contribution in [-0.2, 0) is 13.2 Å². The van der Waals surface area contributed by atoms with Crippen molar-refractivity contribution in [2.45, 2.75) is 6.18 Å². The summed E-state index contributed by atoms with van der Waals surface area (Å²) in [5.41, 5.74) is 0.275. The maximum absolute atomic E-state index is 13.3. The van der Waals surface area contributed by atoms with Crippen molar-refractivity contribution in [3.63, 3.8) is 0 Å². The standard InChI is InChI=1S/C15H12F3N3O/c1-21-14-11(8-19-21)12(15(16,17)18)7-13(20-14)9-3-5-10(22-2)6-4-9/h3-8H,1-2H3. The second-order valence-electron chi connectivity index (χ2n) is 4.79. The Kier molecular flexibility index (Phi) is 3.27. The van der Waals surface area contributed by atoms with E-state index in [9.17, 15) is 13.2 Å². The average Bonchev–Trinajstić information content (AvgIpc) is 2.87. The number of hydrogen-bond acceptors (Lipinski definition) is 3. The van der Waals surface area contributed by atoms with E-state index in [2.05, 4.69) is 10.1 Å². The van der Waals surface area contributed by atoms with Gasteiger partial charge in [0, 0.05) is 12.6 Å². The molecule has 0 saturated heterocycles. The topological polar surface area (TPSA) is 39.9 Å². The highest BCUT2D eigenvalue weighted by Gasteiger charge is 2.34. The molecule has 1 aromatic carbocycles. The highest BCUT2D eigenvalue weighted by atomic mass is 19.4. The molecule has 0 aliphatic heterocycles. The fraction of sp³-hybridized carbons (Fsp3) is 0.200. The van der Waals surface area contributed by atoms with Crippen molar-refractivity contribution in [1.82, 2.24) is 14.8 Å². The number of halogens is 3. The second-order valence-corrected chi connectivity index (χ2v) is 4.79. The van der Waals surface area contributed by atoms with Gasteiger partial charge in [0.05, 0.1) is 30.0 Å². The normalized spacial score (nSPS) is 11.9. The van der Waals surface area contributed by atoms with Crippen LogP contribution in [0.4, 0.5) is 13.2 Å². The lowest BCUT2D eigenvalue weighted by atomic mass is 10.1. The molecule has 7 heteroatoms. The molecule has 0 fully saturated rings. The zero-order valence-corrected chi connectivity index (χ0v) is 11.8. The number of nitrogens with zero attached hydrogens (tertiary/aromatic N) is 3. The molecule has 0 amide bonds. The summed E-state index contributed by atoms with van der Waals surface area (Å²) in [5, 5.41) is 3.86. The number of fused-ring (bicyclic) bond motifs is 1. The van der Waals surface area contributed by atoms with Gasteiger partial charge in [0.1, 0.15) is 5.75 Å². The minimum absolute atomic E-state index is 0.00717. The Morgan fingerprint density at radius 2 is 1.82 bits per heavy atom. The number of pyridine rings is 1. The van der Waals surface area contributed by atoms with Crippen LogP contribution >= 0.6 is 0 Å². The van der Waals surface area contributed by atoms with Gasteiger partial charge in [-0.15, -0.1) is 0 Å². The smallest absolute Gasteiger partial charge is 0.417 e. The minimum Gasteiger partial charge on any atom is -0.497 e. The number of rotatable bonds is 2. The first-order valence-corrected chi connectivity index (χ1v) is 6.44. The fourth-order valence-corrected chi connectivity index (χ4v) is 2.26. The lowest BCUT2D eigenvalue weighted by molar-refractivity contribution is -0.136. The van der Waals surface area contributed by atoms with Crippen molar-refractivity contribution in [3.05, 3.63) is 42.1 Å². The largest absolute Gasteiger partial charge is 0.497 e. The van der Waals surface area contributed by atoms with Crippen LogP contribution in [0, 0.1) is 0 Å². The first-order chi connectivity index (χ1) is 10.4. The van der Waals surface area contributed by atoms with Crippen molar-refractivity contribution in [1.29, 1.82) is 0 Å². The molecule has 0 atom stereocenters. The van der Waals surface area contributed by atoms with Gasteiger partial charge < -0.3 is 4.74 Å². The summed E-state index contributed by atoms with van der Waals surface area (Å²) < 4.78 is 46.1. The van der Waals surface area contributed by atoms with E-state index in [-0.39, 0.29) is 16.7 Å². The Labute approximate surface area is 124 Å². The number of methoxy groups -OCH3 is 1. The Balaban J connectivity index is 2.23. The van der Waals surface area contributed by atoms with Crippen LogP contribution in [0.3, 0.4) is 0 Å². The minimum atomic E-state index is -4.47. The summed E-state index contributed by atoms with van der Waals surface area (Å²) in [5.74, 6) is 0.626. The number of benzene rings is 1. The van der Waals surface area contributed by atoms with E-state index in [1.807, 2.05) is 0 Å². The van der Waals surface area contributed by atoms with E-state index in [1.165, 1.54) is 18.0 Å². The molecule has 4 nitrogen and oxygen atoms in total. The number of alkyl halides is 3. The van der Waals surface area contributed by atoms with Crippen LogP contribution < -0.4 is 4.74 Å². The van der Waals surface area contributed by atoms with Crippen LogP contribution in [0.25, 0.3) is 22.3 Å². The molecule has 22 heavy (non-hydrogen) atoms. The molecule has 0 unspecified atom stereocenters. The van der Waals surface area contributed by atoms with Gasteiger partial charge in [-0.1, -0.05) is 0 Å². The lowest BCUT2D eigenvalue weighted by Gasteiger charge is -2.11. The fourth-order valence-electron chi connectivity index (χ4n) is 2.26. The van der Waals surface area contributed by atoms with E-state index >= 15 is 0 Å². The van der Waals surface area contributed by atoms with E-state index < -0.39 is 11.7 Å². The second kappa shape index (κ2) is 5.01. The Morgan fingerprint density at radius 3 is 2.41 bits per heavy atom. The molecule has 0 spiro atoms. The van der Waals surface area contributed by atoms with Crippen molar-refractivity contribution < 1.29 is 17.9 Å². The third kappa shape index (κ3) is 2.38. The summed E-state index contributed by atoms with van der Waals surface area (Å²) in [6.45, 7) is 0. The van der Waals surface area contributed by atoms with E-state index in [1.54, 1.807) is 31.3 Å². The van der Waals surface area contributed by atoms with Crippen molar-refractivity contribution in [3.8, 4) is 17.0 Å². The molecule has 3 rings (SSSR count). The molecule has 0 bridgehead atoms. The number of ether oxygens (including phenoxy) is 1. The van der Waals surface area contributed by atoms with E-state index in [0.717, 1.165) is 6.07 Å². The summed E-state index contributed by atoms with van der Waals surface area (Å²) in [7, 11) is 3.09. The summed E-state index contributed by atoms with van der Waals surface area (Å²) in [6, 6.07) is 7.74. The molecule has 2 aromatic heterocycles. The number of aryl methyl sites for hydroxylation is 1. The van der Waals surface area contributed by atoms with Gasteiger partial charge in [-0.3, -0.25) is 4.68 Å². The van der Waals surface area contributed by atoms with Gasteiger partial charge >= 0.3 is 6.18 Å². The van der Waals surface area contributed by atoms with Crippen LogP contribution in [0.15, 0.2) is 36.5 Å². The highest BCUT2D eigenvalue weighted by molar-refractivity contribution is 5.83. The zero-order chi connectivity index (χ0) is 15.9. The predicted octanol–water partition coefficient (Wildman–Crippen LogP) is 3.66. The van der Waals surface area contributed by atoms with Crippen molar-refractivity contribution >= 4 is 11.0 Å². The highest BCUT2D eigenvalue weighted by Crippen LogP contribution is 2.36. The van der Waals surface area contributed by atoms with Gasteiger partial charge in [0.2, 0.25) is 0 Å². The summed E-state index contributed by atoms with van der Waals surface area (Å²) in [4.78, 5) is 4.29. The van der Waals surface area contributed by atoms with Crippen LogP contribution in [0.2, 0.25) is 0 Å². The quantitative estimate of drug-likeness (QED) is 0.725. The predicted molar refractivity (Wildman–Crippen MR) is 75.5 cm³/mol. The first kappa shape index (κ1) is 14.4. The van der Waals surface area contributed by atoms with Gasteiger partial charge in [-0.05, 0) is 30.3 Å². The zero-order valence-electron chi connectivity index (χ0n) is 11.8. The van der Waals surface area contributed by atoms with Crippen LogP contribution in [0.1, 0.15) is 5.56 Å². The van der Waals surface area contributed by atoms with Gasteiger partial charge in [0.15, 0.2) is 5.65 Å². The van der Waals surface area contributed by atoms with Crippen molar-refractivity contribution in [2.75, 3.05) is 7.11 Å². The van der Waals surface area contributed by atoms with Crippen molar-refractivity contribution in [2.24, 2.45) is 7.05 Å². The maximum atomic E-state index is 13.3. The first-order valence-electron chi connectivity index (χ1n) is 6.44. The van der Waals surface area contributed by atoms with Crippen LogP contribution in [-0.4, -0.2) is 21.9 Å². The SMILES string of the molecule is COc1ccc(-c2cc(C(F)(F)F)c3cnn(C)c3n2)cc1. The molecular formula is C15H12F3N3O. The van der Waals surface area contributed by atoms with E-state index in [0.29, 0.717) is 11.3 Å². The molecule has 0 saturated carbocycles. The van der Waals surface area contributed by atoms with Gasteiger partial charge in [0.25, 0.3) is 0 Å². The monoisotopic (exact) mass is 307 g/mol. The molecule has 0 aliphatic carbocycles. The number of aromatic nitrogens is 3. The molecule has 0 aliphatic rings. The summed E-state index contributed by atoms with van der Waals surface area (Å²) in [6.07, 6.45) is -3.28. The van der Waals surface area contributed by atoms with Crippen LogP contribution in [0.5, 0.6) is 5.75 Å². The molecule has 3 aromatic rings. The molecule has 0 radical (unpaired) electrons. The third-order valence-electron chi connectivity index (χ3n) is 3.40. The molecule has 114 valence electrons. The maximum Gasteiger partial charge on any atom is 0.417 e. The van der Waals surface area contributed by atoms with E-state index in [4.69, 9.17) is 4.74 Å². The number of hydrogen-bond donors (Lipinski definition) is 0. The third-order valence-corrected chi connectivity index (χ3v) is 3.40. The van der Waals surface area contributed by atoms with Gasteiger partial charge in [-0.2, -0.15) is 18.3 Å². The Hall–Kier alpha value is -2.57. The molecule has 0 N–H and O–H groups in total. The molecule has 2 heterocycles. The Morgan fingerprint density at radius 1 is 1.14 bits per heavy atom. The lowest BCUT2D eigenvalue weighted by Crippen LogP contribution is -2.07. The molecular weight excluding hydrogens is 295 g/mol. The van der Waals surface area contributed by atoms with Gasteiger partial charge in [-0.25, -0.2) is 4.98 Å².